The zero-order chi connectivity index (χ0) is 15.8. The van der Waals surface area contributed by atoms with E-state index in [0.717, 1.165) is 38.6 Å². The van der Waals surface area contributed by atoms with Crippen molar-refractivity contribution in [3.05, 3.63) is 0 Å². The van der Waals surface area contributed by atoms with Crippen molar-refractivity contribution in [2.24, 2.45) is 5.92 Å². The van der Waals surface area contributed by atoms with E-state index in [-0.39, 0.29) is 24.5 Å². The summed E-state index contributed by atoms with van der Waals surface area (Å²) in [4.78, 5) is 29.4. The highest BCUT2D eigenvalue weighted by Crippen LogP contribution is 2.20. The molecular formula is C15H29N3O3. The Hall–Kier alpha value is -1.30. The number of piperidine rings is 1. The van der Waals surface area contributed by atoms with Crippen molar-refractivity contribution in [3.63, 3.8) is 0 Å². The lowest BCUT2D eigenvalue weighted by atomic mass is 9.95. The number of amides is 3. The number of aliphatic hydroxyl groups excluding tert-OH is 1. The molecule has 0 spiro atoms. The molecule has 1 saturated heterocycles. The van der Waals surface area contributed by atoms with E-state index in [1.54, 1.807) is 23.9 Å². The van der Waals surface area contributed by atoms with E-state index in [1.807, 2.05) is 11.9 Å². The molecule has 1 heterocycles. The van der Waals surface area contributed by atoms with Crippen LogP contribution in [0.15, 0.2) is 0 Å². The van der Waals surface area contributed by atoms with Gasteiger partial charge in [0.2, 0.25) is 5.91 Å². The van der Waals surface area contributed by atoms with Crippen LogP contribution in [0.2, 0.25) is 0 Å². The first-order chi connectivity index (χ1) is 9.97. The predicted octanol–water partition coefficient (Wildman–Crippen LogP) is 1.00. The summed E-state index contributed by atoms with van der Waals surface area (Å²) in [6, 6.07) is 0.0262. The normalized spacial score (nSPS) is 15.9. The first-order valence-electron chi connectivity index (χ1n) is 7.79. The van der Waals surface area contributed by atoms with Crippen molar-refractivity contribution in [3.8, 4) is 0 Å². The molecule has 6 heteroatoms. The molecular weight excluding hydrogens is 270 g/mol. The molecule has 0 bridgehead atoms. The summed E-state index contributed by atoms with van der Waals surface area (Å²) in [7, 11) is 5.35. The van der Waals surface area contributed by atoms with Crippen molar-refractivity contribution >= 4 is 11.9 Å². The average Bonchev–Trinajstić information content (AvgIpc) is 2.50. The number of rotatable bonds is 6. The summed E-state index contributed by atoms with van der Waals surface area (Å²) in [6.07, 6.45) is 4.18. The first-order valence-corrected chi connectivity index (χ1v) is 7.79. The topological polar surface area (TPSA) is 64.1 Å². The van der Waals surface area contributed by atoms with Crippen LogP contribution >= 0.6 is 0 Å². The van der Waals surface area contributed by atoms with Crippen molar-refractivity contribution in [2.75, 3.05) is 47.4 Å². The number of hydrogen-bond donors (Lipinski definition) is 1. The molecule has 0 aromatic rings. The highest BCUT2D eigenvalue weighted by molar-refractivity contribution is 5.79. The average molecular weight is 299 g/mol. The highest BCUT2D eigenvalue weighted by atomic mass is 16.3. The second kappa shape index (κ2) is 8.87. The van der Waals surface area contributed by atoms with Gasteiger partial charge in [0, 0.05) is 53.3 Å². The zero-order valence-corrected chi connectivity index (χ0v) is 13.5. The lowest BCUT2D eigenvalue weighted by Gasteiger charge is -2.34. The van der Waals surface area contributed by atoms with Gasteiger partial charge >= 0.3 is 6.03 Å². The third-order valence-electron chi connectivity index (χ3n) is 4.03. The summed E-state index contributed by atoms with van der Waals surface area (Å²) >= 11 is 0. The standard InChI is InChI=1S/C15H29N3O3/c1-16(2)15(21)18-10-7-13(8-11-18)14(20)17(3)9-5-4-6-12-19/h13,19H,4-12H2,1-3H3. The van der Waals surface area contributed by atoms with Gasteiger partial charge in [-0.1, -0.05) is 0 Å². The fourth-order valence-electron chi connectivity index (χ4n) is 2.66. The largest absolute Gasteiger partial charge is 0.396 e. The molecule has 1 aliphatic heterocycles. The second-order valence-corrected chi connectivity index (χ2v) is 5.98. The summed E-state index contributed by atoms with van der Waals surface area (Å²) in [5.41, 5.74) is 0. The lowest BCUT2D eigenvalue weighted by Crippen LogP contribution is -2.46. The Kier molecular flexibility index (Phi) is 7.50. The SMILES string of the molecule is CN(C)C(=O)N1CCC(C(=O)N(C)CCCCCO)CC1. The molecule has 122 valence electrons. The van der Waals surface area contributed by atoms with Gasteiger partial charge in [-0.05, 0) is 32.1 Å². The number of aliphatic hydroxyl groups is 1. The van der Waals surface area contributed by atoms with Crippen LogP contribution in [-0.2, 0) is 4.79 Å². The van der Waals surface area contributed by atoms with Gasteiger partial charge in [0.1, 0.15) is 0 Å². The Balaban J connectivity index is 2.32. The van der Waals surface area contributed by atoms with Gasteiger partial charge in [0.05, 0.1) is 0 Å². The Morgan fingerprint density at radius 1 is 1.10 bits per heavy atom. The van der Waals surface area contributed by atoms with Crippen molar-refractivity contribution < 1.29 is 14.7 Å². The smallest absolute Gasteiger partial charge is 0.319 e. The third kappa shape index (κ3) is 5.53. The fraction of sp³-hybridized carbons (Fsp3) is 0.867. The van der Waals surface area contributed by atoms with E-state index in [2.05, 4.69) is 0 Å². The van der Waals surface area contributed by atoms with E-state index >= 15 is 0 Å². The quantitative estimate of drug-likeness (QED) is 0.744. The molecule has 0 saturated carbocycles. The second-order valence-electron chi connectivity index (χ2n) is 5.98. The first kappa shape index (κ1) is 17.8. The molecule has 1 rings (SSSR count). The molecule has 6 nitrogen and oxygen atoms in total. The lowest BCUT2D eigenvalue weighted by molar-refractivity contribution is -0.135. The minimum atomic E-state index is 0.0262. The molecule has 0 aromatic heterocycles. The number of urea groups is 1. The Bertz CT molecular complexity index is 339. The summed E-state index contributed by atoms with van der Waals surface area (Å²) in [5.74, 6) is 0.231. The number of unbranched alkanes of at least 4 members (excludes halogenated alkanes) is 2. The third-order valence-corrected chi connectivity index (χ3v) is 4.03. The molecule has 0 aromatic carbocycles. The van der Waals surface area contributed by atoms with Crippen LogP contribution in [0.3, 0.4) is 0 Å². The fourth-order valence-corrected chi connectivity index (χ4v) is 2.66. The zero-order valence-electron chi connectivity index (χ0n) is 13.5. The molecule has 1 aliphatic rings. The van der Waals surface area contributed by atoms with E-state index < -0.39 is 0 Å². The number of likely N-dealkylation sites (tertiary alicyclic amines) is 1. The molecule has 0 unspecified atom stereocenters. The van der Waals surface area contributed by atoms with Gasteiger partial charge in [-0.2, -0.15) is 0 Å². The van der Waals surface area contributed by atoms with Gasteiger partial charge in [-0.15, -0.1) is 0 Å². The van der Waals surface area contributed by atoms with Gasteiger partial charge in [0.25, 0.3) is 0 Å². The van der Waals surface area contributed by atoms with E-state index in [9.17, 15) is 9.59 Å². The maximum atomic E-state index is 12.3. The number of carbonyl (C=O) groups is 2. The predicted molar refractivity (Wildman–Crippen MR) is 82.0 cm³/mol. The van der Waals surface area contributed by atoms with Crippen molar-refractivity contribution in [1.82, 2.24) is 14.7 Å². The molecule has 3 amide bonds. The van der Waals surface area contributed by atoms with Crippen LogP contribution in [0, 0.1) is 5.92 Å². The minimum Gasteiger partial charge on any atom is -0.396 e. The molecule has 21 heavy (non-hydrogen) atoms. The maximum absolute atomic E-state index is 12.3. The van der Waals surface area contributed by atoms with Crippen LogP contribution in [0.5, 0.6) is 0 Å². The Labute approximate surface area is 127 Å². The Morgan fingerprint density at radius 3 is 2.24 bits per heavy atom. The number of carbonyl (C=O) groups excluding carboxylic acids is 2. The van der Waals surface area contributed by atoms with Gasteiger partial charge in [-0.25, -0.2) is 4.79 Å². The van der Waals surface area contributed by atoms with Crippen molar-refractivity contribution in [2.45, 2.75) is 32.1 Å². The van der Waals surface area contributed by atoms with Gasteiger partial charge < -0.3 is 19.8 Å². The molecule has 1 fully saturated rings. The highest BCUT2D eigenvalue weighted by Gasteiger charge is 2.29. The number of hydrogen-bond acceptors (Lipinski definition) is 3. The van der Waals surface area contributed by atoms with E-state index in [4.69, 9.17) is 5.11 Å². The van der Waals surface area contributed by atoms with Gasteiger partial charge in [-0.3, -0.25) is 4.79 Å². The van der Waals surface area contributed by atoms with Crippen molar-refractivity contribution in [1.29, 1.82) is 0 Å². The van der Waals surface area contributed by atoms with Crippen LogP contribution in [0.4, 0.5) is 4.79 Å². The Morgan fingerprint density at radius 2 is 1.71 bits per heavy atom. The van der Waals surface area contributed by atoms with E-state index in [0.29, 0.717) is 13.1 Å². The van der Waals surface area contributed by atoms with Crippen LogP contribution < -0.4 is 0 Å². The van der Waals surface area contributed by atoms with Gasteiger partial charge in [0.15, 0.2) is 0 Å². The molecule has 0 atom stereocenters. The molecule has 0 aliphatic carbocycles. The monoisotopic (exact) mass is 299 g/mol. The van der Waals surface area contributed by atoms with Crippen LogP contribution in [-0.4, -0.2) is 79.1 Å². The summed E-state index contributed by atoms with van der Waals surface area (Å²) in [5, 5.41) is 8.74. The maximum Gasteiger partial charge on any atom is 0.319 e. The summed E-state index contributed by atoms with van der Waals surface area (Å²) < 4.78 is 0. The minimum absolute atomic E-state index is 0.0262. The molecule has 0 radical (unpaired) electrons. The number of nitrogens with zero attached hydrogens (tertiary/aromatic N) is 3. The van der Waals surface area contributed by atoms with Crippen LogP contribution in [0.1, 0.15) is 32.1 Å². The molecule has 1 N–H and O–H groups in total. The van der Waals surface area contributed by atoms with E-state index in [1.165, 1.54) is 0 Å². The summed E-state index contributed by atoms with van der Waals surface area (Å²) in [6.45, 7) is 2.28. The van der Waals surface area contributed by atoms with Crippen LogP contribution in [0.25, 0.3) is 0 Å².